The lowest BCUT2D eigenvalue weighted by molar-refractivity contribution is 0.449. The Morgan fingerprint density at radius 1 is 1.33 bits per heavy atom. The number of nitrogens with one attached hydrogen (secondary N) is 1. The number of para-hydroxylation sites is 1. The van der Waals surface area contributed by atoms with Gasteiger partial charge in [0.2, 0.25) is 0 Å². The molecule has 1 heterocycles. The molecule has 2 unspecified atom stereocenters. The first kappa shape index (κ1) is 10.5. The summed E-state index contributed by atoms with van der Waals surface area (Å²) in [5.41, 5.74) is 2.87. The third kappa shape index (κ3) is 2.34. The van der Waals surface area contributed by atoms with Gasteiger partial charge >= 0.3 is 0 Å². The zero-order valence-electron chi connectivity index (χ0n) is 9.96. The van der Waals surface area contributed by atoms with E-state index in [9.17, 15) is 0 Å². The summed E-state index contributed by atoms with van der Waals surface area (Å²) in [6.07, 6.45) is 2.58. The first-order chi connectivity index (χ1) is 7.16. The molecule has 0 saturated heterocycles. The molecule has 1 N–H and O–H groups in total. The third-order valence-corrected chi connectivity index (χ3v) is 3.20. The minimum absolute atomic E-state index is 0.614. The van der Waals surface area contributed by atoms with Gasteiger partial charge in [0.05, 0.1) is 0 Å². The lowest BCUT2D eigenvalue weighted by Gasteiger charge is -2.32. The number of benzene rings is 1. The molecule has 82 valence electrons. The van der Waals surface area contributed by atoms with E-state index in [2.05, 4.69) is 50.4 Å². The molecule has 15 heavy (non-hydrogen) atoms. The van der Waals surface area contributed by atoms with Crippen LogP contribution in [-0.4, -0.2) is 6.04 Å². The van der Waals surface area contributed by atoms with Crippen LogP contribution in [0.4, 0.5) is 5.69 Å². The van der Waals surface area contributed by atoms with E-state index in [0.717, 1.165) is 11.8 Å². The summed E-state index contributed by atoms with van der Waals surface area (Å²) in [5, 5.41) is 3.56. The van der Waals surface area contributed by atoms with Crippen LogP contribution >= 0.6 is 0 Å². The molecule has 0 aromatic heterocycles. The molecular weight excluding hydrogens is 182 g/mol. The molecule has 0 radical (unpaired) electrons. The van der Waals surface area contributed by atoms with Crippen molar-refractivity contribution in [2.24, 2.45) is 5.92 Å². The second-order valence-corrected chi connectivity index (χ2v) is 5.19. The summed E-state index contributed by atoms with van der Waals surface area (Å²) in [4.78, 5) is 0. The summed E-state index contributed by atoms with van der Waals surface area (Å²) < 4.78 is 0. The average Bonchev–Trinajstić information content (AvgIpc) is 2.16. The van der Waals surface area contributed by atoms with Crippen LogP contribution in [0.3, 0.4) is 0 Å². The minimum atomic E-state index is 0.614. The first-order valence-corrected chi connectivity index (χ1v) is 6.02. The van der Waals surface area contributed by atoms with E-state index in [1.54, 1.807) is 0 Å². The Hall–Kier alpha value is -0.980. The number of hydrogen-bond acceptors (Lipinski definition) is 1. The number of hydrogen-bond donors (Lipinski definition) is 1. The molecular formula is C14H21N. The molecule has 0 saturated carbocycles. The van der Waals surface area contributed by atoms with Crippen molar-refractivity contribution in [2.45, 2.75) is 45.6 Å². The van der Waals surface area contributed by atoms with Crippen LogP contribution in [0.15, 0.2) is 24.3 Å². The smallest absolute Gasteiger partial charge is 0.0377 e. The number of fused-ring (bicyclic) bond motifs is 1. The maximum Gasteiger partial charge on any atom is 0.0377 e. The van der Waals surface area contributed by atoms with Gasteiger partial charge in [-0.1, -0.05) is 32.0 Å². The highest BCUT2D eigenvalue weighted by atomic mass is 14.9. The molecule has 0 aliphatic carbocycles. The highest BCUT2D eigenvalue weighted by Crippen LogP contribution is 2.37. The van der Waals surface area contributed by atoms with Crippen molar-refractivity contribution in [1.29, 1.82) is 0 Å². The maximum absolute atomic E-state index is 3.56. The molecule has 0 bridgehead atoms. The Balaban J connectivity index is 2.26. The Kier molecular flexibility index (Phi) is 2.99. The van der Waals surface area contributed by atoms with Gasteiger partial charge in [-0.05, 0) is 43.2 Å². The molecule has 2 rings (SSSR count). The predicted octanol–water partition coefficient (Wildman–Crippen LogP) is 4.02. The lowest BCUT2D eigenvalue weighted by atomic mass is 9.82. The molecule has 0 fully saturated rings. The van der Waals surface area contributed by atoms with Crippen LogP contribution in [0.2, 0.25) is 0 Å². The molecule has 0 spiro atoms. The van der Waals surface area contributed by atoms with Gasteiger partial charge in [-0.15, -0.1) is 0 Å². The van der Waals surface area contributed by atoms with Gasteiger partial charge in [-0.25, -0.2) is 0 Å². The van der Waals surface area contributed by atoms with Crippen molar-refractivity contribution >= 4 is 5.69 Å². The quantitative estimate of drug-likeness (QED) is 0.765. The van der Waals surface area contributed by atoms with E-state index in [1.807, 2.05) is 0 Å². The summed E-state index contributed by atoms with van der Waals surface area (Å²) >= 11 is 0. The largest absolute Gasteiger partial charge is 0.382 e. The average molecular weight is 203 g/mol. The Morgan fingerprint density at radius 2 is 2.07 bits per heavy atom. The van der Waals surface area contributed by atoms with E-state index in [1.165, 1.54) is 24.1 Å². The zero-order chi connectivity index (χ0) is 10.8. The molecule has 1 aliphatic heterocycles. The van der Waals surface area contributed by atoms with E-state index >= 15 is 0 Å². The van der Waals surface area contributed by atoms with Crippen LogP contribution in [0, 0.1) is 5.92 Å². The summed E-state index contributed by atoms with van der Waals surface area (Å²) in [6.45, 7) is 6.91. The lowest BCUT2D eigenvalue weighted by Crippen LogP contribution is -2.25. The van der Waals surface area contributed by atoms with E-state index in [-0.39, 0.29) is 0 Å². The SMILES string of the molecule is CC(C)CC1CC(C)Nc2ccccc21. The monoisotopic (exact) mass is 203 g/mol. The van der Waals surface area contributed by atoms with Crippen molar-refractivity contribution in [3.8, 4) is 0 Å². The Labute approximate surface area is 92.9 Å². The van der Waals surface area contributed by atoms with Gasteiger partial charge in [0, 0.05) is 11.7 Å². The van der Waals surface area contributed by atoms with Crippen molar-refractivity contribution in [1.82, 2.24) is 0 Å². The normalized spacial score (nSPS) is 24.8. The summed E-state index contributed by atoms with van der Waals surface area (Å²) in [7, 11) is 0. The zero-order valence-corrected chi connectivity index (χ0v) is 9.96. The van der Waals surface area contributed by atoms with Gasteiger partial charge < -0.3 is 5.32 Å². The molecule has 1 nitrogen and oxygen atoms in total. The van der Waals surface area contributed by atoms with E-state index in [4.69, 9.17) is 0 Å². The van der Waals surface area contributed by atoms with Crippen molar-refractivity contribution in [3.63, 3.8) is 0 Å². The van der Waals surface area contributed by atoms with Crippen molar-refractivity contribution in [2.75, 3.05) is 5.32 Å². The number of anilines is 1. The van der Waals surface area contributed by atoms with E-state index in [0.29, 0.717) is 6.04 Å². The Bertz CT molecular complexity index is 330. The highest BCUT2D eigenvalue weighted by Gasteiger charge is 2.23. The van der Waals surface area contributed by atoms with Crippen molar-refractivity contribution in [3.05, 3.63) is 29.8 Å². The highest BCUT2D eigenvalue weighted by molar-refractivity contribution is 5.55. The standard InChI is InChI=1S/C14H21N/c1-10(2)8-12-9-11(3)15-14-7-5-4-6-13(12)14/h4-7,10-12,15H,8-9H2,1-3H3. The summed E-state index contributed by atoms with van der Waals surface area (Å²) in [5.74, 6) is 1.53. The van der Waals surface area contributed by atoms with Crippen LogP contribution in [0.25, 0.3) is 0 Å². The molecule has 1 aromatic rings. The van der Waals surface area contributed by atoms with Crippen LogP contribution in [0.1, 0.15) is 45.1 Å². The van der Waals surface area contributed by atoms with Crippen LogP contribution < -0.4 is 5.32 Å². The van der Waals surface area contributed by atoms with Gasteiger partial charge in [0.1, 0.15) is 0 Å². The minimum Gasteiger partial charge on any atom is -0.382 e. The first-order valence-electron chi connectivity index (χ1n) is 6.02. The molecule has 1 heteroatoms. The molecule has 2 atom stereocenters. The maximum atomic E-state index is 3.56. The van der Waals surface area contributed by atoms with Gasteiger partial charge in [0.25, 0.3) is 0 Å². The molecule has 0 amide bonds. The van der Waals surface area contributed by atoms with Gasteiger partial charge in [-0.3, -0.25) is 0 Å². The third-order valence-electron chi connectivity index (χ3n) is 3.20. The molecule has 1 aliphatic rings. The van der Waals surface area contributed by atoms with Crippen LogP contribution in [-0.2, 0) is 0 Å². The molecule has 1 aromatic carbocycles. The second kappa shape index (κ2) is 4.26. The fraction of sp³-hybridized carbons (Fsp3) is 0.571. The fourth-order valence-electron chi connectivity index (χ4n) is 2.65. The Morgan fingerprint density at radius 3 is 2.80 bits per heavy atom. The van der Waals surface area contributed by atoms with E-state index < -0.39 is 0 Å². The van der Waals surface area contributed by atoms with Crippen molar-refractivity contribution < 1.29 is 0 Å². The van der Waals surface area contributed by atoms with Gasteiger partial charge in [-0.2, -0.15) is 0 Å². The van der Waals surface area contributed by atoms with Gasteiger partial charge in [0.15, 0.2) is 0 Å². The number of rotatable bonds is 2. The predicted molar refractivity (Wildman–Crippen MR) is 66.3 cm³/mol. The topological polar surface area (TPSA) is 12.0 Å². The fourth-order valence-corrected chi connectivity index (χ4v) is 2.65. The summed E-state index contributed by atoms with van der Waals surface area (Å²) in [6, 6.07) is 9.38. The second-order valence-electron chi connectivity index (χ2n) is 5.19. The van der Waals surface area contributed by atoms with Crippen LogP contribution in [0.5, 0.6) is 0 Å².